The fraction of sp³-hybridized carbons (Fsp3) is 0.985. The van der Waals surface area contributed by atoms with Crippen LogP contribution >= 0.6 is 0 Å². The van der Waals surface area contributed by atoms with E-state index in [2.05, 4.69) is 13.8 Å². The summed E-state index contributed by atoms with van der Waals surface area (Å²) in [7, 11) is 0. The first kappa shape index (κ1) is 67.5. The highest BCUT2D eigenvalue weighted by molar-refractivity contribution is 5.69. The van der Waals surface area contributed by atoms with Crippen LogP contribution in [0, 0.1) is 0 Å². The van der Waals surface area contributed by atoms with E-state index < -0.39 is 0 Å². The van der Waals surface area contributed by atoms with E-state index in [0.717, 1.165) is 12.8 Å². The second-order valence-electron chi connectivity index (χ2n) is 22.8. The third-order valence-electron chi connectivity index (χ3n) is 15.7. The van der Waals surface area contributed by atoms with Gasteiger partial charge in [-0.3, -0.25) is 4.79 Å². The summed E-state index contributed by atoms with van der Waals surface area (Å²) in [5.74, 6) is 0.0377. The van der Waals surface area contributed by atoms with Crippen LogP contribution in [0.5, 0.6) is 0 Å². The summed E-state index contributed by atoms with van der Waals surface area (Å²) in [6, 6.07) is 0. The maximum Gasteiger partial charge on any atom is 0.305 e. The molecule has 0 aromatic carbocycles. The second-order valence-corrected chi connectivity index (χ2v) is 22.8. The Morgan fingerprint density at radius 2 is 0.324 bits per heavy atom. The Bertz CT molecular complexity index is 867. The topological polar surface area (TPSA) is 26.3 Å². The van der Waals surface area contributed by atoms with E-state index in [4.69, 9.17) is 4.74 Å². The third-order valence-corrected chi connectivity index (χ3v) is 15.7. The van der Waals surface area contributed by atoms with Crippen molar-refractivity contribution in [3.05, 3.63) is 0 Å². The minimum Gasteiger partial charge on any atom is -0.466 e. The van der Waals surface area contributed by atoms with Gasteiger partial charge in [-0.1, -0.05) is 393 Å². The van der Waals surface area contributed by atoms with Gasteiger partial charge in [0.15, 0.2) is 0 Å². The molecular weight excluding hydrogens is 825 g/mol. The van der Waals surface area contributed by atoms with Crippen LogP contribution in [-0.4, -0.2) is 12.6 Å². The zero-order valence-electron chi connectivity index (χ0n) is 47.9. The Morgan fingerprint density at radius 3 is 0.485 bits per heavy atom. The number of esters is 1. The molecule has 0 aliphatic rings. The molecule has 2 nitrogen and oxygen atoms in total. The van der Waals surface area contributed by atoms with Gasteiger partial charge in [0, 0.05) is 6.42 Å². The van der Waals surface area contributed by atoms with Crippen LogP contribution in [0.2, 0.25) is 0 Å². The van der Waals surface area contributed by atoms with Gasteiger partial charge >= 0.3 is 5.97 Å². The number of hydrogen-bond donors (Lipinski definition) is 0. The van der Waals surface area contributed by atoms with Crippen LogP contribution in [0.15, 0.2) is 0 Å². The van der Waals surface area contributed by atoms with E-state index in [9.17, 15) is 4.79 Å². The molecule has 0 fully saturated rings. The van der Waals surface area contributed by atoms with E-state index in [1.54, 1.807) is 0 Å². The van der Waals surface area contributed by atoms with E-state index in [1.807, 2.05) is 0 Å². The Balaban J connectivity index is 3.14. The highest BCUT2D eigenvalue weighted by Crippen LogP contribution is 2.19. The summed E-state index contributed by atoms with van der Waals surface area (Å²) in [4.78, 5) is 12.1. The Kier molecular flexibility index (Phi) is 64.0. The molecule has 0 aliphatic heterocycles. The van der Waals surface area contributed by atoms with Gasteiger partial charge in [-0.05, 0) is 12.8 Å². The average molecular weight is 958 g/mol. The van der Waals surface area contributed by atoms with Crippen LogP contribution in [0.1, 0.15) is 412 Å². The fourth-order valence-corrected chi connectivity index (χ4v) is 10.9. The van der Waals surface area contributed by atoms with Gasteiger partial charge in [-0.25, -0.2) is 0 Å². The molecule has 0 spiro atoms. The molecule has 0 aliphatic carbocycles. The highest BCUT2D eigenvalue weighted by Gasteiger charge is 2.04. The predicted molar refractivity (Wildman–Crippen MR) is 309 cm³/mol. The molecule has 0 saturated carbocycles. The lowest BCUT2D eigenvalue weighted by Gasteiger charge is -2.06. The van der Waals surface area contributed by atoms with E-state index in [0.29, 0.717) is 13.0 Å². The van der Waals surface area contributed by atoms with Gasteiger partial charge in [0.25, 0.3) is 0 Å². The van der Waals surface area contributed by atoms with Crippen molar-refractivity contribution in [2.24, 2.45) is 0 Å². The molecule has 0 atom stereocenters. The highest BCUT2D eigenvalue weighted by atomic mass is 16.5. The smallest absolute Gasteiger partial charge is 0.305 e. The lowest BCUT2D eigenvalue weighted by molar-refractivity contribution is -0.143. The van der Waals surface area contributed by atoms with E-state index in [-0.39, 0.29) is 5.97 Å². The van der Waals surface area contributed by atoms with Crippen LogP contribution in [0.3, 0.4) is 0 Å². The van der Waals surface area contributed by atoms with E-state index >= 15 is 0 Å². The van der Waals surface area contributed by atoms with Gasteiger partial charge < -0.3 is 4.74 Å². The lowest BCUT2D eigenvalue weighted by atomic mass is 10.0. The van der Waals surface area contributed by atoms with Crippen molar-refractivity contribution in [1.82, 2.24) is 0 Å². The first-order valence-corrected chi connectivity index (χ1v) is 33.0. The zero-order chi connectivity index (χ0) is 48.8. The van der Waals surface area contributed by atoms with Crippen LogP contribution < -0.4 is 0 Å². The van der Waals surface area contributed by atoms with Crippen molar-refractivity contribution >= 4 is 5.97 Å². The van der Waals surface area contributed by atoms with Crippen molar-refractivity contribution in [2.45, 2.75) is 412 Å². The summed E-state index contributed by atoms with van der Waals surface area (Å²) in [6.07, 6.45) is 87.7. The average Bonchev–Trinajstić information content (AvgIpc) is 3.35. The van der Waals surface area contributed by atoms with Gasteiger partial charge in [0.05, 0.1) is 6.61 Å². The Morgan fingerprint density at radius 1 is 0.191 bits per heavy atom. The Hall–Kier alpha value is -0.530. The standard InChI is InChI=1S/C66H132O2/c1-3-5-7-9-11-13-15-17-19-21-23-25-27-29-31-33-34-35-37-39-41-43-45-47-49-51-53-55-57-59-61-63-65-68-66(67)64-62-60-58-56-54-52-50-48-46-44-42-40-38-36-32-30-28-26-24-22-20-18-16-14-12-10-8-6-4-2/h3-65H2,1-2H3. The molecule has 0 radical (unpaired) electrons. The minimum atomic E-state index is 0.0377. The number of ether oxygens (including phenoxy) is 1. The van der Waals surface area contributed by atoms with Crippen LogP contribution in [-0.2, 0) is 9.53 Å². The molecule has 0 amide bonds. The molecule has 0 unspecified atom stereocenters. The zero-order valence-corrected chi connectivity index (χ0v) is 47.9. The first-order valence-electron chi connectivity index (χ1n) is 33.0. The number of hydrogen-bond acceptors (Lipinski definition) is 2. The van der Waals surface area contributed by atoms with Crippen molar-refractivity contribution in [2.75, 3.05) is 6.61 Å². The summed E-state index contributed by atoms with van der Waals surface area (Å²) in [6.45, 7) is 5.25. The maximum absolute atomic E-state index is 12.1. The van der Waals surface area contributed by atoms with Crippen LogP contribution in [0.4, 0.5) is 0 Å². The summed E-state index contributed by atoms with van der Waals surface area (Å²) in [5.41, 5.74) is 0. The molecule has 68 heavy (non-hydrogen) atoms. The van der Waals surface area contributed by atoms with E-state index in [1.165, 1.54) is 379 Å². The lowest BCUT2D eigenvalue weighted by Crippen LogP contribution is -2.05. The largest absolute Gasteiger partial charge is 0.466 e. The quantitative estimate of drug-likeness (QED) is 0.0449. The molecule has 0 saturated heterocycles. The van der Waals surface area contributed by atoms with Crippen molar-refractivity contribution in [3.63, 3.8) is 0 Å². The van der Waals surface area contributed by atoms with Gasteiger partial charge in [-0.15, -0.1) is 0 Å². The number of rotatable bonds is 63. The normalized spacial score (nSPS) is 11.6. The monoisotopic (exact) mass is 957 g/mol. The van der Waals surface area contributed by atoms with Crippen LogP contribution in [0.25, 0.3) is 0 Å². The molecule has 0 heterocycles. The predicted octanol–water partition coefficient (Wildman–Crippen LogP) is 24.8. The van der Waals surface area contributed by atoms with Gasteiger partial charge in [0.1, 0.15) is 0 Å². The summed E-state index contributed by atoms with van der Waals surface area (Å²) < 4.78 is 5.53. The number of carbonyl (C=O) groups excluding carboxylic acids is 1. The summed E-state index contributed by atoms with van der Waals surface area (Å²) >= 11 is 0. The first-order chi connectivity index (χ1) is 33.8. The molecule has 0 aromatic rings. The van der Waals surface area contributed by atoms with Crippen molar-refractivity contribution < 1.29 is 9.53 Å². The molecule has 2 heteroatoms. The Labute approximate surface area is 432 Å². The SMILES string of the molecule is CCCCCCCCCCCCCCCCCCCCCCCCCCCCCCCCCCOC(=O)CCCCCCCCCCCCCCCCCCCCCCCCCCCCCCC. The third kappa shape index (κ3) is 63.5. The number of unbranched alkanes of at least 4 members (excludes halogenated alkanes) is 59. The molecule has 408 valence electrons. The van der Waals surface area contributed by atoms with Gasteiger partial charge in [-0.2, -0.15) is 0 Å². The molecule has 0 aromatic heterocycles. The molecule has 0 N–H and O–H groups in total. The fourth-order valence-electron chi connectivity index (χ4n) is 10.9. The second kappa shape index (κ2) is 64.5. The van der Waals surface area contributed by atoms with Crippen molar-refractivity contribution in [3.8, 4) is 0 Å². The molecule has 0 rings (SSSR count). The van der Waals surface area contributed by atoms with Crippen molar-refractivity contribution in [1.29, 1.82) is 0 Å². The number of carbonyl (C=O) groups is 1. The van der Waals surface area contributed by atoms with Gasteiger partial charge in [0.2, 0.25) is 0 Å². The maximum atomic E-state index is 12.1. The molecule has 0 bridgehead atoms. The summed E-state index contributed by atoms with van der Waals surface area (Å²) in [5, 5.41) is 0. The molecular formula is C66H132O2. The minimum absolute atomic E-state index is 0.0377.